The lowest BCUT2D eigenvalue weighted by Gasteiger charge is -2.19. The van der Waals surface area contributed by atoms with Crippen molar-refractivity contribution in [3.63, 3.8) is 0 Å². The summed E-state index contributed by atoms with van der Waals surface area (Å²) in [4.78, 5) is 20.9. The van der Waals surface area contributed by atoms with Crippen molar-refractivity contribution >= 4 is 23.5 Å². The quantitative estimate of drug-likeness (QED) is 0.403. The fourth-order valence-electron chi connectivity index (χ4n) is 0.625. The number of ether oxygens (including phenoxy) is 2. The van der Waals surface area contributed by atoms with Crippen LogP contribution in [0.5, 0.6) is 0 Å². The summed E-state index contributed by atoms with van der Waals surface area (Å²) in [5.41, 5.74) is 0. The first kappa shape index (κ1) is 12.2. The fraction of sp³-hybridized carbons (Fsp3) is 0.714. The second-order valence-corrected chi connectivity index (χ2v) is 2.61. The van der Waals surface area contributed by atoms with E-state index in [1.54, 1.807) is 0 Å². The van der Waals surface area contributed by atoms with Crippen molar-refractivity contribution in [2.24, 2.45) is 0 Å². The van der Waals surface area contributed by atoms with E-state index < -0.39 is 24.3 Å². The Morgan fingerprint density at radius 1 is 1.31 bits per heavy atom. The summed E-state index contributed by atoms with van der Waals surface area (Å²) in [5.74, 6) is -1.42. The van der Waals surface area contributed by atoms with Crippen molar-refractivity contribution in [3.8, 4) is 0 Å². The normalized spacial score (nSPS) is 14.5. The van der Waals surface area contributed by atoms with Crippen LogP contribution in [0.2, 0.25) is 0 Å². The molecule has 6 heteroatoms. The van der Waals surface area contributed by atoms with Crippen LogP contribution >= 0.6 is 11.6 Å². The van der Waals surface area contributed by atoms with Crippen LogP contribution in [-0.4, -0.2) is 35.3 Å². The minimum atomic E-state index is -1.51. The van der Waals surface area contributed by atoms with Crippen molar-refractivity contribution in [2.75, 3.05) is 5.88 Å². The Kier molecular flexibility index (Phi) is 5.41. The molecule has 2 unspecified atom stereocenters. The number of aliphatic hydroxyl groups excluding tert-OH is 1. The monoisotopic (exact) mass is 210 g/mol. The highest BCUT2D eigenvalue weighted by atomic mass is 35.5. The maximum Gasteiger partial charge on any atom is 0.305 e. The Morgan fingerprint density at radius 2 is 1.77 bits per heavy atom. The van der Waals surface area contributed by atoms with Crippen LogP contribution in [0.15, 0.2) is 0 Å². The molecule has 0 radical (unpaired) electrons. The van der Waals surface area contributed by atoms with Crippen molar-refractivity contribution in [1.82, 2.24) is 0 Å². The first-order valence-corrected chi connectivity index (χ1v) is 4.09. The smallest absolute Gasteiger partial charge is 0.305 e. The average molecular weight is 211 g/mol. The minimum Gasteiger partial charge on any atom is -0.455 e. The average Bonchev–Trinajstić information content (AvgIpc) is 1.98. The Hall–Kier alpha value is -0.810. The molecule has 0 aromatic heterocycles. The van der Waals surface area contributed by atoms with Gasteiger partial charge in [0, 0.05) is 13.8 Å². The molecule has 0 amide bonds. The van der Waals surface area contributed by atoms with E-state index in [0.717, 1.165) is 6.92 Å². The molecular weight excluding hydrogens is 200 g/mol. The predicted molar refractivity (Wildman–Crippen MR) is 44.0 cm³/mol. The summed E-state index contributed by atoms with van der Waals surface area (Å²) in [6.45, 7) is 2.29. The number of carbonyl (C=O) groups is 2. The molecule has 0 spiro atoms. The van der Waals surface area contributed by atoms with E-state index in [1.165, 1.54) is 6.92 Å². The van der Waals surface area contributed by atoms with E-state index in [0.29, 0.717) is 0 Å². The first-order chi connectivity index (χ1) is 5.97. The Labute approximate surface area is 80.6 Å². The molecule has 0 aromatic rings. The standard InChI is InChI=1S/C7H11ClO5/c1-4(9)12-6(3-8)7(11)13-5(2)10/h6-7,11H,3H2,1-2H3. The molecule has 0 aromatic carbocycles. The number of rotatable bonds is 4. The summed E-state index contributed by atoms with van der Waals surface area (Å²) < 4.78 is 8.92. The van der Waals surface area contributed by atoms with Crippen LogP contribution < -0.4 is 0 Å². The number of aliphatic hydroxyl groups is 1. The molecule has 0 saturated heterocycles. The molecule has 0 fully saturated rings. The minimum absolute atomic E-state index is 0.145. The van der Waals surface area contributed by atoms with Gasteiger partial charge in [0.25, 0.3) is 0 Å². The second-order valence-electron chi connectivity index (χ2n) is 2.30. The van der Waals surface area contributed by atoms with Crippen molar-refractivity contribution in [1.29, 1.82) is 0 Å². The Morgan fingerprint density at radius 3 is 2.08 bits per heavy atom. The highest BCUT2D eigenvalue weighted by molar-refractivity contribution is 6.18. The van der Waals surface area contributed by atoms with E-state index in [1.807, 2.05) is 0 Å². The van der Waals surface area contributed by atoms with Crippen LogP contribution in [0, 0.1) is 0 Å². The van der Waals surface area contributed by atoms with Gasteiger partial charge in [0.2, 0.25) is 6.29 Å². The topological polar surface area (TPSA) is 72.8 Å². The van der Waals surface area contributed by atoms with Gasteiger partial charge in [-0.3, -0.25) is 9.59 Å². The largest absolute Gasteiger partial charge is 0.455 e. The van der Waals surface area contributed by atoms with Gasteiger partial charge in [0.15, 0.2) is 6.10 Å². The predicted octanol–water partition coefficient (Wildman–Crippen LogP) is 0.0384. The van der Waals surface area contributed by atoms with Gasteiger partial charge in [-0.05, 0) is 0 Å². The van der Waals surface area contributed by atoms with Gasteiger partial charge in [-0.25, -0.2) is 0 Å². The highest BCUT2D eigenvalue weighted by Crippen LogP contribution is 2.04. The molecule has 0 aliphatic heterocycles. The van der Waals surface area contributed by atoms with Gasteiger partial charge in [0.05, 0.1) is 5.88 Å². The van der Waals surface area contributed by atoms with Crippen LogP contribution in [-0.2, 0) is 19.1 Å². The first-order valence-electron chi connectivity index (χ1n) is 3.55. The van der Waals surface area contributed by atoms with E-state index in [4.69, 9.17) is 16.7 Å². The van der Waals surface area contributed by atoms with Gasteiger partial charge in [-0.1, -0.05) is 0 Å². The summed E-state index contributed by atoms with van der Waals surface area (Å²) in [5, 5.41) is 9.12. The molecule has 0 aliphatic carbocycles. The third-order valence-corrected chi connectivity index (χ3v) is 1.38. The third kappa shape index (κ3) is 5.43. The van der Waals surface area contributed by atoms with Crippen molar-refractivity contribution in [3.05, 3.63) is 0 Å². The summed E-state index contributed by atoms with van der Waals surface area (Å²) in [6.07, 6.45) is -2.54. The van der Waals surface area contributed by atoms with Gasteiger partial charge in [0.1, 0.15) is 0 Å². The van der Waals surface area contributed by atoms with Crippen LogP contribution in [0.25, 0.3) is 0 Å². The van der Waals surface area contributed by atoms with Gasteiger partial charge in [-0.2, -0.15) is 0 Å². The van der Waals surface area contributed by atoms with Crippen LogP contribution in [0.4, 0.5) is 0 Å². The lowest BCUT2D eigenvalue weighted by Crippen LogP contribution is -2.35. The number of hydrogen-bond donors (Lipinski definition) is 1. The van der Waals surface area contributed by atoms with E-state index in [2.05, 4.69) is 9.47 Å². The lowest BCUT2D eigenvalue weighted by atomic mass is 10.4. The number of esters is 2. The molecule has 0 heterocycles. The maximum atomic E-state index is 10.5. The van der Waals surface area contributed by atoms with Crippen LogP contribution in [0.1, 0.15) is 13.8 Å². The van der Waals surface area contributed by atoms with Gasteiger partial charge in [-0.15, -0.1) is 11.6 Å². The number of alkyl halides is 1. The van der Waals surface area contributed by atoms with Gasteiger partial charge < -0.3 is 14.6 Å². The summed E-state index contributed by atoms with van der Waals surface area (Å²) in [6, 6.07) is 0. The molecule has 76 valence electrons. The number of carbonyl (C=O) groups excluding carboxylic acids is 2. The second kappa shape index (κ2) is 5.77. The lowest BCUT2D eigenvalue weighted by molar-refractivity contribution is -0.192. The molecule has 0 aliphatic rings. The number of halogens is 1. The maximum absolute atomic E-state index is 10.5. The molecule has 1 N–H and O–H groups in total. The van der Waals surface area contributed by atoms with Gasteiger partial charge >= 0.3 is 11.9 Å². The molecule has 13 heavy (non-hydrogen) atoms. The summed E-state index contributed by atoms with van der Waals surface area (Å²) in [7, 11) is 0. The van der Waals surface area contributed by atoms with E-state index in [-0.39, 0.29) is 5.88 Å². The Bertz CT molecular complexity index is 193. The SMILES string of the molecule is CC(=O)OC(O)C(CCl)OC(C)=O. The molecular formula is C7H11ClO5. The number of hydrogen-bond acceptors (Lipinski definition) is 5. The third-order valence-electron chi connectivity index (χ3n) is 1.07. The zero-order chi connectivity index (χ0) is 10.4. The van der Waals surface area contributed by atoms with Crippen molar-refractivity contribution < 1.29 is 24.2 Å². The molecule has 2 atom stereocenters. The summed E-state index contributed by atoms with van der Waals surface area (Å²) >= 11 is 5.36. The van der Waals surface area contributed by atoms with E-state index >= 15 is 0 Å². The zero-order valence-electron chi connectivity index (χ0n) is 7.32. The van der Waals surface area contributed by atoms with Crippen molar-refractivity contribution in [2.45, 2.75) is 26.2 Å². The van der Waals surface area contributed by atoms with E-state index in [9.17, 15) is 9.59 Å². The zero-order valence-corrected chi connectivity index (χ0v) is 8.08. The molecule has 0 rings (SSSR count). The highest BCUT2D eigenvalue weighted by Gasteiger charge is 2.23. The molecule has 5 nitrogen and oxygen atoms in total. The Balaban J connectivity index is 4.06. The molecule has 0 bridgehead atoms. The van der Waals surface area contributed by atoms with Crippen LogP contribution in [0.3, 0.4) is 0 Å². The fourth-order valence-corrected chi connectivity index (χ4v) is 0.840. The molecule has 0 saturated carbocycles.